The van der Waals surface area contributed by atoms with E-state index in [-0.39, 0.29) is 6.10 Å². The Kier molecular flexibility index (Phi) is 5.01. The predicted molar refractivity (Wildman–Crippen MR) is 104 cm³/mol. The van der Waals surface area contributed by atoms with Crippen molar-refractivity contribution in [3.63, 3.8) is 0 Å². The van der Waals surface area contributed by atoms with E-state index < -0.39 is 0 Å². The summed E-state index contributed by atoms with van der Waals surface area (Å²) in [6.07, 6.45) is 7.23. The molecule has 8 nitrogen and oxygen atoms in total. The molecular weight excluding hydrogens is 370 g/mol. The Bertz CT molecular complexity index is 959. The van der Waals surface area contributed by atoms with E-state index in [1.807, 2.05) is 28.9 Å². The van der Waals surface area contributed by atoms with E-state index in [1.165, 1.54) is 25.7 Å². The van der Waals surface area contributed by atoms with E-state index in [1.54, 1.807) is 7.11 Å². The van der Waals surface area contributed by atoms with Crippen molar-refractivity contribution < 1.29 is 14.0 Å². The molecule has 1 aromatic carbocycles. The monoisotopic (exact) mass is 395 g/mol. The summed E-state index contributed by atoms with van der Waals surface area (Å²) in [6, 6.07) is 7.91. The predicted octanol–water partition coefficient (Wildman–Crippen LogP) is 3.73. The van der Waals surface area contributed by atoms with Gasteiger partial charge in [-0.2, -0.15) is 4.98 Å². The molecule has 0 saturated heterocycles. The first-order valence-electron chi connectivity index (χ1n) is 10.3. The number of rotatable bonds is 6. The van der Waals surface area contributed by atoms with Crippen molar-refractivity contribution in [2.45, 2.75) is 57.8 Å². The van der Waals surface area contributed by atoms with Crippen LogP contribution in [0.1, 0.15) is 55.4 Å². The Balaban J connectivity index is 1.27. The molecule has 0 N–H and O–H groups in total. The number of ether oxygens (including phenoxy) is 2. The average molecular weight is 395 g/mol. The molecule has 1 saturated carbocycles. The molecule has 0 amide bonds. The van der Waals surface area contributed by atoms with Crippen LogP contribution in [0.5, 0.6) is 5.75 Å². The van der Waals surface area contributed by atoms with Gasteiger partial charge in [0, 0.05) is 6.42 Å². The highest BCUT2D eigenvalue weighted by Crippen LogP contribution is 2.31. The Morgan fingerprint density at radius 1 is 1.17 bits per heavy atom. The van der Waals surface area contributed by atoms with E-state index in [0.29, 0.717) is 30.6 Å². The highest BCUT2D eigenvalue weighted by Gasteiger charge is 2.27. The fraction of sp³-hybridized carbons (Fsp3) is 0.524. The highest BCUT2D eigenvalue weighted by atomic mass is 16.5. The summed E-state index contributed by atoms with van der Waals surface area (Å²) >= 11 is 0. The maximum atomic E-state index is 6.08. The van der Waals surface area contributed by atoms with Gasteiger partial charge in [-0.3, -0.25) is 0 Å². The maximum Gasteiger partial charge on any atom is 0.227 e. The van der Waals surface area contributed by atoms with Gasteiger partial charge >= 0.3 is 0 Å². The Hall–Kier alpha value is -2.74. The molecule has 1 aliphatic carbocycles. The van der Waals surface area contributed by atoms with Gasteiger partial charge in [-0.25, -0.2) is 4.68 Å². The minimum absolute atomic E-state index is 0.0739. The number of fused-ring (bicyclic) bond motifs is 1. The van der Waals surface area contributed by atoms with Crippen LogP contribution in [0.25, 0.3) is 11.5 Å². The fourth-order valence-electron chi connectivity index (χ4n) is 4.28. The zero-order chi connectivity index (χ0) is 19.6. The quantitative estimate of drug-likeness (QED) is 0.628. The van der Waals surface area contributed by atoms with Crippen molar-refractivity contribution in [3.8, 4) is 17.3 Å². The lowest BCUT2D eigenvalue weighted by molar-refractivity contribution is -0.00114. The number of benzene rings is 1. The topological polar surface area (TPSA) is 88.1 Å². The summed E-state index contributed by atoms with van der Waals surface area (Å²) < 4.78 is 18.6. The molecule has 2 aromatic heterocycles. The largest absolute Gasteiger partial charge is 0.497 e. The summed E-state index contributed by atoms with van der Waals surface area (Å²) in [5.74, 6) is 2.81. The van der Waals surface area contributed by atoms with E-state index in [9.17, 15) is 0 Å². The summed E-state index contributed by atoms with van der Waals surface area (Å²) in [4.78, 5) is 4.56. The number of nitrogens with zero attached hydrogens (tertiary/aromatic N) is 5. The van der Waals surface area contributed by atoms with Crippen LogP contribution in [0.4, 0.5) is 0 Å². The third-order valence-corrected chi connectivity index (χ3v) is 6.01. The second-order valence-corrected chi connectivity index (χ2v) is 7.84. The molecule has 1 atom stereocenters. The first-order valence-corrected chi connectivity index (χ1v) is 10.3. The van der Waals surface area contributed by atoms with Crippen LogP contribution in [0.2, 0.25) is 0 Å². The molecule has 0 radical (unpaired) electrons. The normalized spacial score (nSPS) is 19.4. The van der Waals surface area contributed by atoms with Gasteiger partial charge in [0.2, 0.25) is 11.7 Å². The molecular formula is C21H25N5O3. The van der Waals surface area contributed by atoms with Crippen LogP contribution in [-0.4, -0.2) is 32.2 Å². The molecule has 29 heavy (non-hydrogen) atoms. The number of hydrogen-bond donors (Lipinski definition) is 0. The van der Waals surface area contributed by atoms with E-state index >= 15 is 0 Å². The SMILES string of the molecule is COc1ccc([C@@H]2Cn3nnc(-c4noc(CCC5CCCC5)n4)c3CO2)cc1. The van der Waals surface area contributed by atoms with Gasteiger partial charge in [0.25, 0.3) is 0 Å². The van der Waals surface area contributed by atoms with Crippen LogP contribution in [0, 0.1) is 5.92 Å². The lowest BCUT2D eigenvalue weighted by atomic mass is 10.0. The third kappa shape index (κ3) is 3.76. The minimum Gasteiger partial charge on any atom is -0.497 e. The van der Waals surface area contributed by atoms with Crippen LogP contribution >= 0.6 is 0 Å². The molecule has 152 valence electrons. The Morgan fingerprint density at radius 2 is 2.00 bits per heavy atom. The van der Waals surface area contributed by atoms with Crippen LogP contribution < -0.4 is 4.74 Å². The second-order valence-electron chi connectivity index (χ2n) is 7.84. The molecule has 1 aliphatic heterocycles. The van der Waals surface area contributed by atoms with Crippen molar-refractivity contribution in [1.82, 2.24) is 25.1 Å². The summed E-state index contributed by atoms with van der Waals surface area (Å²) in [7, 11) is 1.66. The molecule has 0 bridgehead atoms. The first kappa shape index (κ1) is 18.3. The molecule has 8 heteroatoms. The van der Waals surface area contributed by atoms with Gasteiger partial charge in [-0.05, 0) is 30.0 Å². The molecule has 5 rings (SSSR count). The van der Waals surface area contributed by atoms with Gasteiger partial charge in [-0.15, -0.1) is 5.10 Å². The minimum atomic E-state index is -0.0739. The summed E-state index contributed by atoms with van der Waals surface area (Å²) in [5.41, 5.74) is 2.62. The zero-order valence-electron chi connectivity index (χ0n) is 16.6. The fourth-order valence-corrected chi connectivity index (χ4v) is 4.28. The molecule has 2 aliphatic rings. The molecule has 0 spiro atoms. The van der Waals surface area contributed by atoms with Crippen molar-refractivity contribution in [3.05, 3.63) is 41.4 Å². The molecule has 0 unspecified atom stereocenters. The van der Waals surface area contributed by atoms with E-state index in [2.05, 4.69) is 20.5 Å². The Labute approximate surface area is 169 Å². The molecule has 3 heterocycles. The van der Waals surface area contributed by atoms with Crippen molar-refractivity contribution in [2.75, 3.05) is 7.11 Å². The first-order chi connectivity index (χ1) is 14.3. The summed E-state index contributed by atoms with van der Waals surface area (Å²) in [5, 5.41) is 12.7. The van der Waals surface area contributed by atoms with Crippen molar-refractivity contribution in [2.24, 2.45) is 5.92 Å². The van der Waals surface area contributed by atoms with Crippen LogP contribution in [-0.2, 0) is 24.3 Å². The van der Waals surface area contributed by atoms with Gasteiger partial charge in [0.1, 0.15) is 11.9 Å². The number of hydrogen-bond acceptors (Lipinski definition) is 7. The van der Waals surface area contributed by atoms with Gasteiger partial charge in [0.15, 0.2) is 5.69 Å². The molecule has 1 fully saturated rings. The van der Waals surface area contributed by atoms with Crippen LogP contribution in [0.15, 0.2) is 28.8 Å². The van der Waals surface area contributed by atoms with E-state index in [4.69, 9.17) is 14.0 Å². The van der Waals surface area contributed by atoms with Crippen LogP contribution in [0.3, 0.4) is 0 Å². The van der Waals surface area contributed by atoms with E-state index in [0.717, 1.165) is 35.8 Å². The second kappa shape index (κ2) is 7.94. The smallest absolute Gasteiger partial charge is 0.227 e. The third-order valence-electron chi connectivity index (χ3n) is 6.01. The van der Waals surface area contributed by atoms with Gasteiger partial charge in [0.05, 0.1) is 26.0 Å². The Morgan fingerprint density at radius 3 is 2.79 bits per heavy atom. The standard InChI is InChI=1S/C21H25N5O3/c1-27-16-9-7-15(8-10-16)18-12-26-17(13-28-18)20(23-25-26)21-22-19(29-24-21)11-6-14-4-2-3-5-14/h7-10,14,18H,2-6,11-13H2,1H3/t18-/m0/s1. The number of methoxy groups -OCH3 is 1. The van der Waals surface area contributed by atoms with Crippen molar-refractivity contribution >= 4 is 0 Å². The molecule has 3 aromatic rings. The summed E-state index contributed by atoms with van der Waals surface area (Å²) in [6.45, 7) is 1.01. The number of aromatic nitrogens is 5. The lowest BCUT2D eigenvalue weighted by Crippen LogP contribution is -2.22. The zero-order valence-corrected chi connectivity index (χ0v) is 16.6. The van der Waals surface area contributed by atoms with Gasteiger partial charge < -0.3 is 14.0 Å². The highest BCUT2D eigenvalue weighted by molar-refractivity contribution is 5.51. The lowest BCUT2D eigenvalue weighted by Gasteiger charge is -2.24. The van der Waals surface area contributed by atoms with Gasteiger partial charge in [-0.1, -0.05) is 48.2 Å². The maximum absolute atomic E-state index is 6.08. The average Bonchev–Trinajstić information content (AvgIpc) is 3.52. The van der Waals surface area contributed by atoms with Crippen molar-refractivity contribution in [1.29, 1.82) is 0 Å². The number of aryl methyl sites for hydroxylation is 1.